The van der Waals surface area contributed by atoms with Gasteiger partial charge in [-0.15, -0.1) is 0 Å². The molecule has 0 bridgehead atoms. The van der Waals surface area contributed by atoms with Crippen LogP contribution < -0.4 is 0 Å². The first-order chi connectivity index (χ1) is 14.1. The summed E-state index contributed by atoms with van der Waals surface area (Å²) in [4.78, 5) is 49.9. The van der Waals surface area contributed by atoms with Crippen molar-refractivity contribution in [3.05, 3.63) is 45.5 Å². The van der Waals surface area contributed by atoms with Gasteiger partial charge in [0.1, 0.15) is 0 Å². The largest absolute Gasteiger partial charge is 0.466 e. The lowest BCUT2D eigenvalue weighted by molar-refractivity contribution is -0.250. The number of carbonyl (C=O) groups excluding carboxylic acids is 4. The van der Waals surface area contributed by atoms with E-state index in [-0.39, 0.29) is 36.8 Å². The van der Waals surface area contributed by atoms with Crippen LogP contribution in [0.25, 0.3) is 0 Å². The highest BCUT2D eigenvalue weighted by atomic mass is 16.7. The van der Waals surface area contributed by atoms with Crippen molar-refractivity contribution in [1.29, 1.82) is 0 Å². The number of cyclic esters (lactones) is 2. The number of hydrogen-bond donors (Lipinski definition) is 0. The maximum atomic E-state index is 12.7. The van der Waals surface area contributed by atoms with E-state index in [1.807, 2.05) is 12.1 Å². The zero-order valence-electron chi connectivity index (χ0n) is 17.2. The summed E-state index contributed by atoms with van der Waals surface area (Å²) in [6, 6.07) is 3.77. The van der Waals surface area contributed by atoms with Gasteiger partial charge in [-0.25, -0.2) is 9.59 Å². The second-order valence-electron chi connectivity index (χ2n) is 8.30. The zero-order valence-corrected chi connectivity index (χ0v) is 17.2. The van der Waals surface area contributed by atoms with Gasteiger partial charge in [0.2, 0.25) is 0 Å². The van der Waals surface area contributed by atoms with Crippen molar-refractivity contribution < 1.29 is 38.1 Å². The normalized spacial score (nSPS) is 20.8. The number of carbonyl (C=O) groups is 4. The van der Waals surface area contributed by atoms with E-state index in [9.17, 15) is 19.2 Å². The molecule has 0 atom stereocenters. The van der Waals surface area contributed by atoms with Gasteiger partial charge in [0, 0.05) is 26.7 Å². The second kappa shape index (κ2) is 6.68. The Labute approximate surface area is 173 Å². The van der Waals surface area contributed by atoms with E-state index in [1.165, 1.54) is 28.1 Å². The van der Waals surface area contributed by atoms with E-state index < -0.39 is 35.1 Å². The zero-order chi connectivity index (χ0) is 21.8. The first-order valence-corrected chi connectivity index (χ1v) is 9.59. The van der Waals surface area contributed by atoms with Crippen LogP contribution in [0.15, 0.2) is 23.3 Å². The van der Waals surface area contributed by atoms with Crippen LogP contribution in [-0.4, -0.2) is 43.9 Å². The molecular weight excluding hydrogens is 392 g/mol. The molecule has 1 fully saturated rings. The van der Waals surface area contributed by atoms with Gasteiger partial charge in [0.15, 0.2) is 5.41 Å². The van der Waals surface area contributed by atoms with Gasteiger partial charge < -0.3 is 18.9 Å². The van der Waals surface area contributed by atoms with Crippen molar-refractivity contribution in [1.82, 2.24) is 0 Å². The fourth-order valence-corrected chi connectivity index (χ4v) is 4.43. The summed E-state index contributed by atoms with van der Waals surface area (Å²) in [6.45, 7) is 3.04. The number of ether oxygens (including phenoxy) is 4. The molecule has 8 nitrogen and oxygen atoms in total. The van der Waals surface area contributed by atoms with Gasteiger partial charge in [-0.3, -0.25) is 9.59 Å². The van der Waals surface area contributed by atoms with Crippen LogP contribution in [0.4, 0.5) is 0 Å². The highest BCUT2D eigenvalue weighted by Gasteiger charge is 2.59. The first kappa shape index (κ1) is 20.1. The molecule has 4 rings (SSSR count). The monoisotopic (exact) mass is 414 g/mol. The number of hydrogen-bond acceptors (Lipinski definition) is 8. The Kier molecular flexibility index (Phi) is 4.48. The van der Waals surface area contributed by atoms with Crippen molar-refractivity contribution in [2.75, 3.05) is 14.2 Å². The summed E-state index contributed by atoms with van der Waals surface area (Å²) in [5, 5.41) is 0. The quantitative estimate of drug-likeness (QED) is 0.406. The van der Waals surface area contributed by atoms with Crippen LogP contribution in [0.3, 0.4) is 0 Å². The van der Waals surface area contributed by atoms with Gasteiger partial charge in [0.25, 0.3) is 5.79 Å². The SMILES string of the molecule is COC(=O)C1=C(C(=O)OC)Cc2cc3c(cc2C1)CC1(C3)C(=O)OC(C)(C)OC1=O. The Bertz CT molecular complexity index is 951. The standard InChI is InChI=1S/C22H22O8/c1-21(2)29-19(25)22(20(26)30-21)9-13-5-11-7-15(17(23)27-3)16(18(24)28-4)8-12(11)6-14(13)10-22/h5-6H,7-10H2,1-4H3. The molecule has 1 aromatic carbocycles. The molecule has 8 heteroatoms. The van der Waals surface area contributed by atoms with Crippen molar-refractivity contribution in [2.24, 2.45) is 5.41 Å². The smallest absolute Gasteiger partial charge is 0.334 e. The molecule has 1 aliphatic heterocycles. The molecule has 0 saturated carbocycles. The summed E-state index contributed by atoms with van der Waals surface area (Å²) >= 11 is 0. The van der Waals surface area contributed by atoms with Crippen molar-refractivity contribution >= 4 is 23.9 Å². The molecule has 1 aromatic rings. The molecule has 1 heterocycles. The maximum absolute atomic E-state index is 12.7. The molecule has 0 radical (unpaired) electrons. The van der Waals surface area contributed by atoms with Gasteiger partial charge >= 0.3 is 23.9 Å². The number of fused-ring (bicyclic) bond motifs is 2. The van der Waals surface area contributed by atoms with Gasteiger partial charge in [0.05, 0.1) is 25.4 Å². The molecule has 0 unspecified atom stereocenters. The average molecular weight is 414 g/mol. The minimum atomic E-state index is -1.40. The number of rotatable bonds is 2. The topological polar surface area (TPSA) is 105 Å². The number of methoxy groups -OCH3 is 2. The lowest BCUT2D eigenvalue weighted by Gasteiger charge is -2.38. The van der Waals surface area contributed by atoms with Crippen LogP contribution in [-0.2, 0) is 63.8 Å². The minimum absolute atomic E-state index is 0.171. The summed E-state index contributed by atoms with van der Waals surface area (Å²) in [7, 11) is 2.52. The third-order valence-corrected chi connectivity index (χ3v) is 5.93. The van der Waals surface area contributed by atoms with Crippen molar-refractivity contribution in [2.45, 2.75) is 45.3 Å². The lowest BCUT2D eigenvalue weighted by Crippen LogP contribution is -2.54. The van der Waals surface area contributed by atoms with E-state index in [2.05, 4.69) is 0 Å². The van der Waals surface area contributed by atoms with Gasteiger partial charge in [-0.1, -0.05) is 12.1 Å². The van der Waals surface area contributed by atoms with Crippen LogP contribution in [0, 0.1) is 5.41 Å². The predicted octanol–water partition coefficient (Wildman–Crippen LogP) is 1.35. The molecule has 30 heavy (non-hydrogen) atoms. The Morgan fingerprint density at radius 2 is 1.20 bits per heavy atom. The number of benzene rings is 1. The van der Waals surface area contributed by atoms with E-state index in [4.69, 9.17) is 18.9 Å². The fourth-order valence-electron chi connectivity index (χ4n) is 4.43. The molecule has 0 N–H and O–H groups in total. The molecule has 3 aliphatic rings. The lowest BCUT2D eigenvalue weighted by atomic mass is 9.84. The predicted molar refractivity (Wildman–Crippen MR) is 101 cm³/mol. The fraction of sp³-hybridized carbons (Fsp3) is 0.455. The molecule has 2 aliphatic carbocycles. The van der Waals surface area contributed by atoms with Crippen molar-refractivity contribution in [3.63, 3.8) is 0 Å². The second-order valence-corrected chi connectivity index (χ2v) is 8.30. The van der Waals surface area contributed by atoms with Crippen LogP contribution in [0.1, 0.15) is 36.1 Å². The van der Waals surface area contributed by atoms with E-state index >= 15 is 0 Å². The third-order valence-electron chi connectivity index (χ3n) is 5.93. The molecule has 0 aromatic heterocycles. The highest BCUT2D eigenvalue weighted by Crippen LogP contribution is 2.45. The molecule has 1 spiro atoms. The molecular formula is C22H22O8. The Balaban J connectivity index is 1.70. The maximum Gasteiger partial charge on any atom is 0.334 e. The Morgan fingerprint density at radius 3 is 1.57 bits per heavy atom. The highest BCUT2D eigenvalue weighted by molar-refractivity contribution is 6.04. The van der Waals surface area contributed by atoms with Gasteiger partial charge in [-0.2, -0.15) is 0 Å². The number of esters is 4. The third kappa shape index (κ3) is 2.98. The summed E-state index contributed by atoms with van der Waals surface area (Å²) in [5.74, 6) is -3.65. The Hall–Kier alpha value is -3.16. The van der Waals surface area contributed by atoms with E-state index in [0.717, 1.165) is 22.3 Å². The van der Waals surface area contributed by atoms with Crippen molar-refractivity contribution in [3.8, 4) is 0 Å². The van der Waals surface area contributed by atoms with Gasteiger partial charge in [-0.05, 0) is 35.1 Å². The summed E-state index contributed by atoms with van der Waals surface area (Å²) in [6.07, 6.45) is 0.748. The van der Waals surface area contributed by atoms with E-state index in [1.54, 1.807) is 0 Å². The minimum Gasteiger partial charge on any atom is -0.466 e. The first-order valence-electron chi connectivity index (χ1n) is 9.59. The van der Waals surface area contributed by atoms with Crippen LogP contribution >= 0.6 is 0 Å². The summed E-state index contributed by atoms with van der Waals surface area (Å²) < 4.78 is 20.4. The van der Waals surface area contributed by atoms with Crippen LogP contribution in [0.2, 0.25) is 0 Å². The molecule has 158 valence electrons. The Morgan fingerprint density at radius 1 is 0.800 bits per heavy atom. The van der Waals surface area contributed by atoms with Crippen LogP contribution in [0.5, 0.6) is 0 Å². The van der Waals surface area contributed by atoms with E-state index in [0.29, 0.717) is 0 Å². The molecule has 1 saturated heterocycles. The summed E-state index contributed by atoms with van der Waals surface area (Å²) in [5.41, 5.74) is 2.45. The molecule has 0 amide bonds. The average Bonchev–Trinajstić information content (AvgIpc) is 3.07.